The lowest BCUT2D eigenvalue weighted by Gasteiger charge is -2.18. The fourth-order valence-electron chi connectivity index (χ4n) is 1.79. The SMILES string of the molecule is CCN(CCC(=O)O)CCC(=O)Nc1ccc(C#N)cc1. The van der Waals surface area contributed by atoms with Gasteiger partial charge in [-0.25, -0.2) is 0 Å². The first-order valence-corrected chi connectivity index (χ1v) is 6.79. The van der Waals surface area contributed by atoms with Crippen LogP contribution in [-0.4, -0.2) is 41.5 Å². The zero-order valence-corrected chi connectivity index (χ0v) is 12.0. The standard InChI is InChI=1S/C15H19N3O3/c1-2-18(10-8-15(20)21)9-7-14(19)17-13-5-3-12(11-16)4-6-13/h3-6H,2,7-10H2,1H3,(H,17,19)(H,20,21). The van der Waals surface area contributed by atoms with Gasteiger partial charge in [-0.3, -0.25) is 9.59 Å². The summed E-state index contributed by atoms with van der Waals surface area (Å²) in [5.41, 5.74) is 1.19. The third-order valence-electron chi connectivity index (χ3n) is 3.04. The van der Waals surface area contributed by atoms with E-state index in [0.29, 0.717) is 37.3 Å². The summed E-state index contributed by atoms with van der Waals surface area (Å²) in [7, 11) is 0. The number of amides is 1. The Kier molecular flexibility index (Phi) is 6.92. The molecule has 0 aliphatic rings. The molecule has 0 aromatic heterocycles. The average Bonchev–Trinajstić information content (AvgIpc) is 2.48. The Labute approximate surface area is 124 Å². The summed E-state index contributed by atoms with van der Waals surface area (Å²) in [6, 6.07) is 8.65. The van der Waals surface area contributed by atoms with Crippen LogP contribution in [0.25, 0.3) is 0 Å². The van der Waals surface area contributed by atoms with E-state index in [-0.39, 0.29) is 12.3 Å². The number of carboxylic acids is 1. The monoisotopic (exact) mass is 289 g/mol. The first-order chi connectivity index (χ1) is 10.0. The van der Waals surface area contributed by atoms with Crippen LogP contribution in [0.3, 0.4) is 0 Å². The summed E-state index contributed by atoms with van der Waals surface area (Å²) in [5, 5.41) is 20.1. The Morgan fingerprint density at radius 2 is 1.86 bits per heavy atom. The summed E-state index contributed by atoms with van der Waals surface area (Å²) < 4.78 is 0. The highest BCUT2D eigenvalue weighted by Gasteiger charge is 2.08. The van der Waals surface area contributed by atoms with Gasteiger partial charge in [0.1, 0.15) is 0 Å². The molecule has 1 aromatic carbocycles. The number of rotatable bonds is 8. The van der Waals surface area contributed by atoms with Gasteiger partial charge in [-0.1, -0.05) is 6.92 Å². The van der Waals surface area contributed by atoms with Gasteiger partial charge in [-0.05, 0) is 30.8 Å². The molecule has 1 rings (SSSR count). The molecule has 0 radical (unpaired) electrons. The predicted octanol–water partition coefficient (Wildman–Crippen LogP) is 1.68. The number of nitrogens with zero attached hydrogens (tertiary/aromatic N) is 2. The van der Waals surface area contributed by atoms with Gasteiger partial charge in [0.05, 0.1) is 18.1 Å². The molecular formula is C15H19N3O3. The minimum atomic E-state index is -0.838. The van der Waals surface area contributed by atoms with E-state index in [1.807, 2.05) is 17.9 Å². The third-order valence-corrected chi connectivity index (χ3v) is 3.04. The van der Waals surface area contributed by atoms with Crippen LogP contribution in [0.15, 0.2) is 24.3 Å². The van der Waals surface area contributed by atoms with Gasteiger partial charge in [0, 0.05) is 25.2 Å². The van der Waals surface area contributed by atoms with Crippen molar-refractivity contribution in [3.8, 4) is 6.07 Å². The maximum atomic E-state index is 11.8. The van der Waals surface area contributed by atoms with E-state index in [1.54, 1.807) is 24.3 Å². The van der Waals surface area contributed by atoms with Crippen LogP contribution in [0.1, 0.15) is 25.3 Å². The van der Waals surface area contributed by atoms with Crippen molar-refractivity contribution in [2.45, 2.75) is 19.8 Å². The largest absolute Gasteiger partial charge is 0.481 e. The molecule has 0 heterocycles. The molecule has 6 nitrogen and oxygen atoms in total. The van der Waals surface area contributed by atoms with Crippen molar-refractivity contribution in [3.63, 3.8) is 0 Å². The maximum Gasteiger partial charge on any atom is 0.304 e. The van der Waals surface area contributed by atoms with E-state index in [9.17, 15) is 9.59 Å². The quantitative estimate of drug-likeness (QED) is 0.759. The second kappa shape index (κ2) is 8.72. The van der Waals surface area contributed by atoms with Crippen molar-refractivity contribution < 1.29 is 14.7 Å². The van der Waals surface area contributed by atoms with Crippen molar-refractivity contribution in [1.82, 2.24) is 4.90 Å². The van der Waals surface area contributed by atoms with Gasteiger partial charge in [0.15, 0.2) is 0 Å². The van der Waals surface area contributed by atoms with E-state index in [4.69, 9.17) is 10.4 Å². The normalized spacial score (nSPS) is 10.1. The molecule has 112 valence electrons. The number of nitriles is 1. The number of hydrogen-bond donors (Lipinski definition) is 2. The van der Waals surface area contributed by atoms with Crippen molar-refractivity contribution in [2.75, 3.05) is 25.0 Å². The van der Waals surface area contributed by atoms with Crippen LogP contribution in [-0.2, 0) is 9.59 Å². The molecule has 0 aliphatic heterocycles. The number of aliphatic carboxylic acids is 1. The molecule has 0 atom stereocenters. The lowest BCUT2D eigenvalue weighted by molar-refractivity contribution is -0.137. The van der Waals surface area contributed by atoms with E-state index in [2.05, 4.69) is 5.32 Å². The van der Waals surface area contributed by atoms with Crippen molar-refractivity contribution in [1.29, 1.82) is 5.26 Å². The highest BCUT2D eigenvalue weighted by Crippen LogP contribution is 2.09. The Morgan fingerprint density at radius 1 is 1.24 bits per heavy atom. The first kappa shape index (κ1) is 16.7. The van der Waals surface area contributed by atoms with Crippen LogP contribution in [0.2, 0.25) is 0 Å². The summed E-state index contributed by atoms with van der Waals surface area (Å²) in [4.78, 5) is 24.3. The molecule has 1 amide bonds. The van der Waals surface area contributed by atoms with Gasteiger partial charge in [-0.15, -0.1) is 0 Å². The molecule has 21 heavy (non-hydrogen) atoms. The van der Waals surface area contributed by atoms with Crippen molar-refractivity contribution in [3.05, 3.63) is 29.8 Å². The smallest absolute Gasteiger partial charge is 0.304 e. The summed E-state index contributed by atoms with van der Waals surface area (Å²) >= 11 is 0. The maximum absolute atomic E-state index is 11.8. The molecule has 1 aromatic rings. The van der Waals surface area contributed by atoms with Crippen LogP contribution < -0.4 is 5.32 Å². The zero-order chi connectivity index (χ0) is 15.7. The minimum absolute atomic E-state index is 0.0745. The molecule has 0 aliphatic carbocycles. The fourth-order valence-corrected chi connectivity index (χ4v) is 1.79. The van der Waals surface area contributed by atoms with E-state index >= 15 is 0 Å². The lowest BCUT2D eigenvalue weighted by atomic mass is 10.2. The Balaban J connectivity index is 2.38. The second-order valence-corrected chi connectivity index (χ2v) is 4.57. The van der Waals surface area contributed by atoms with Gasteiger partial charge >= 0.3 is 5.97 Å². The summed E-state index contributed by atoms with van der Waals surface area (Å²) in [5.74, 6) is -0.969. The highest BCUT2D eigenvalue weighted by molar-refractivity contribution is 5.90. The highest BCUT2D eigenvalue weighted by atomic mass is 16.4. The molecule has 0 saturated heterocycles. The number of hydrogen-bond acceptors (Lipinski definition) is 4. The van der Waals surface area contributed by atoms with Gasteiger partial charge in [0.25, 0.3) is 0 Å². The predicted molar refractivity (Wildman–Crippen MR) is 78.8 cm³/mol. The van der Waals surface area contributed by atoms with Gasteiger partial charge < -0.3 is 15.3 Å². The average molecular weight is 289 g/mol. The first-order valence-electron chi connectivity index (χ1n) is 6.79. The van der Waals surface area contributed by atoms with Crippen molar-refractivity contribution in [2.24, 2.45) is 0 Å². The number of carbonyl (C=O) groups excluding carboxylic acids is 1. The van der Waals surface area contributed by atoms with E-state index in [0.717, 1.165) is 0 Å². The molecule has 2 N–H and O–H groups in total. The number of carboxylic acid groups (broad SMARTS) is 1. The molecule has 0 spiro atoms. The molecule has 0 saturated carbocycles. The third kappa shape index (κ3) is 6.54. The van der Waals surface area contributed by atoms with E-state index in [1.165, 1.54) is 0 Å². The summed E-state index contributed by atoms with van der Waals surface area (Å²) in [6.07, 6.45) is 0.374. The number of benzene rings is 1. The summed E-state index contributed by atoms with van der Waals surface area (Å²) in [6.45, 7) is 3.60. The van der Waals surface area contributed by atoms with Gasteiger partial charge in [0.2, 0.25) is 5.91 Å². The molecule has 0 fully saturated rings. The van der Waals surface area contributed by atoms with Crippen LogP contribution in [0.4, 0.5) is 5.69 Å². The van der Waals surface area contributed by atoms with E-state index < -0.39 is 5.97 Å². The fraction of sp³-hybridized carbons (Fsp3) is 0.400. The topological polar surface area (TPSA) is 93.4 Å². The number of nitrogens with one attached hydrogen (secondary N) is 1. The van der Waals surface area contributed by atoms with Crippen LogP contribution >= 0.6 is 0 Å². The minimum Gasteiger partial charge on any atom is -0.481 e. The van der Waals surface area contributed by atoms with Crippen LogP contribution in [0.5, 0.6) is 0 Å². The molecule has 0 bridgehead atoms. The molecule has 6 heteroatoms. The Bertz CT molecular complexity index is 520. The zero-order valence-electron chi connectivity index (χ0n) is 12.0. The molecule has 0 unspecified atom stereocenters. The number of carbonyl (C=O) groups is 2. The Hall–Kier alpha value is -2.39. The Morgan fingerprint density at radius 3 is 2.38 bits per heavy atom. The van der Waals surface area contributed by atoms with Gasteiger partial charge in [-0.2, -0.15) is 5.26 Å². The second-order valence-electron chi connectivity index (χ2n) is 4.57. The van der Waals surface area contributed by atoms with Crippen LogP contribution in [0, 0.1) is 11.3 Å². The van der Waals surface area contributed by atoms with Crippen molar-refractivity contribution >= 4 is 17.6 Å². The number of anilines is 1. The lowest BCUT2D eigenvalue weighted by Crippen LogP contribution is -2.29. The molecular weight excluding hydrogens is 270 g/mol.